The van der Waals surface area contributed by atoms with Crippen LogP contribution < -0.4 is 19.5 Å². The summed E-state index contributed by atoms with van der Waals surface area (Å²) in [5.41, 5.74) is 2.42. The predicted octanol–water partition coefficient (Wildman–Crippen LogP) is 1.34. The lowest BCUT2D eigenvalue weighted by Crippen LogP contribution is -3.04. The van der Waals surface area contributed by atoms with E-state index in [0.29, 0.717) is 29.0 Å². The first-order valence-electron chi connectivity index (χ1n) is 8.11. The molecule has 0 aliphatic carbocycles. The first kappa shape index (κ1) is 17.0. The van der Waals surface area contributed by atoms with Crippen LogP contribution in [0.25, 0.3) is 6.08 Å². The van der Waals surface area contributed by atoms with Crippen molar-refractivity contribution in [1.82, 2.24) is 0 Å². The monoisotopic (exact) mass is 339 g/mol. The molecule has 5 heteroatoms. The Balaban J connectivity index is 1.97. The van der Waals surface area contributed by atoms with E-state index in [0.717, 1.165) is 16.2 Å². The summed E-state index contributed by atoms with van der Waals surface area (Å²) in [5.74, 6) is 1.11. The van der Waals surface area contributed by atoms with Crippen LogP contribution in [-0.2, 0) is 6.54 Å². The number of hydrogen-bond acceptors (Lipinski definition) is 4. The van der Waals surface area contributed by atoms with Crippen LogP contribution >= 0.6 is 0 Å². The predicted molar refractivity (Wildman–Crippen MR) is 93.1 cm³/mol. The van der Waals surface area contributed by atoms with Gasteiger partial charge in [0.1, 0.15) is 18.0 Å². The van der Waals surface area contributed by atoms with Crippen molar-refractivity contribution in [2.24, 2.45) is 0 Å². The molecular weight excluding hydrogens is 318 g/mol. The lowest BCUT2D eigenvalue weighted by Gasteiger charge is -2.19. The highest BCUT2D eigenvalue weighted by molar-refractivity contribution is 6.15. The summed E-state index contributed by atoms with van der Waals surface area (Å²) in [6.07, 6.45) is 1.68. The average Bonchev–Trinajstić information content (AvgIpc) is 2.89. The van der Waals surface area contributed by atoms with Crippen molar-refractivity contribution in [3.05, 3.63) is 58.3 Å². The highest BCUT2D eigenvalue weighted by Crippen LogP contribution is 2.39. The number of hydrogen-bond donors (Lipinski definition) is 1. The molecule has 2 aromatic rings. The van der Waals surface area contributed by atoms with Gasteiger partial charge in [0.25, 0.3) is 0 Å². The maximum absolute atomic E-state index is 12.7. The highest BCUT2D eigenvalue weighted by atomic mass is 16.5. The first-order chi connectivity index (χ1) is 11.9. The number of allylic oxidation sites excluding steroid dienone is 1. The molecule has 25 heavy (non-hydrogen) atoms. The van der Waals surface area contributed by atoms with E-state index in [1.165, 1.54) is 0 Å². The van der Waals surface area contributed by atoms with Gasteiger partial charge >= 0.3 is 0 Å². The molecule has 0 radical (unpaired) electrons. The van der Waals surface area contributed by atoms with Crippen molar-refractivity contribution in [2.45, 2.75) is 13.5 Å². The van der Waals surface area contributed by atoms with E-state index >= 15 is 0 Å². The van der Waals surface area contributed by atoms with Gasteiger partial charge in [-0.25, -0.2) is 0 Å². The third-order valence-electron chi connectivity index (χ3n) is 4.17. The zero-order valence-electron chi connectivity index (χ0n) is 14.8. The number of ketones is 1. The standard InChI is InChI=1S/C20H21NO4/c1-12-18(22)14(11-21(2)3)10-16-19(23)17(25-20(12)16)9-13-5-7-15(24-4)8-6-13/h5-10,22H,11H2,1-4H3/b17-9-. The smallest absolute Gasteiger partial charge is 0.231 e. The Kier molecular flexibility index (Phi) is 4.51. The third kappa shape index (κ3) is 3.23. The molecule has 0 spiro atoms. The molecule has 0 fully saturated rings. The Morgan fingerprint density at radius 3 is 2.52 bits per heavy atom. The molecule has 0 atom stereocenters. The number of carbonyl (C=O) groups excluding carboxylic acids is 1. The van der Waals surface area contributed by atoms with E-state index in [1.54, 1.807) is 26.2 Å². The van der Waals surface area contributed by atoms with Crippen LogP contribution in [0.5, 0.6) is 17.2 Å². The lowest BCUT2D eigenvalue weighted by atomic mass is 10.0. The number of nitrogens with one attached hydrogen (secondary N) is 1. The minimum atomic E-state index is -0.191. The van der Waals surface area contributed by atoms with Crippen LogP contribution in [0.15, 0.2) is 36.1 Å². The van der Waals surface area contributed by atoms with Crippen molar-refractivity contribution < 1.29 is 24.3 Å². The molecule has 1 N–H and O–H groups in total. The fourth-order valence-electron chi connectivity index (χ4n) is 2.90. The summed E-state index contributed by atoms with van der Waals surface area (Å²) in [7, 11) is 5.54. The molecule has 0 saturated heterocycles. The topological polar surface area (TPSA) is 63.0 Å². The van der Waals surface area contributed by atoms with E-state index < -0.39 is 0 Å². The highest BCUT2D eigenvalue weighted by Gasteiger charge is 2.30. The van der Waals surface area contributed by atoms with Crippen molar-refractivity contribution in [3.63, 3.8) is 0 Å². The fourth-order valence-corrected chi connectivity index (χ4v) is 2.90. The Morgan fingerprint density at radius 1 is 1.24 bits per heavy atom. The molecule has 2 aromatic carbocycles. The molecule has 0 aromatic heterocycles. The SMILES string of the molecule is COc1ccc(/C=C2\Oc3c(cc(C[NH+](C)C)c([O-])c3C)C2=O)cc1. The minimum absolute atomic E-state index is 0.0570. The number of carbonyl (C=O) groups is 1. The Bertz CT molecular complexity index is 851. The van der Waals surface area contributed by atoms with Gasteiger partial charge in [-0.1, -0.05) is 17.9 Å². The van der Waals surface area contributed by atoms with Gasteiger partial charge in [0.05, 0.1) is 26.8 Å². The van der Waals surface area contributed by atoms with Crippen molar-refractivity contribution in [3.8, 4) is 17.2 Å². The Morgan fingerprint density at radius 2 is 1.92 bits per heavy atom. The minimum Gasteiger partial charge on any atom is -0.872 e. The molecule has 1 aliphatic rings. The van der Waals surface area contributed by atoms with Gasteiger partial charge in [-0.15, -0.1) is 0 Å². The molecule has 0 saturated carbocycles. The fraction of sp³-hybridized carbons (Fsp3) is 0.250. The first-order valence-corrected chi connectivity index (χ1v) is 8.11. The second kappa shape index (κ2) is 6.61. The van der Waals surface area contributed by atoms with Gasteiger partial charge in [-0.05, 0) is 47.9 Å². The Hall–Kier alpha value is -2.79. The third-order valence-corrected chi connectivity index (χ3v) is 4.17. The van der Waals surface area contributed by atoms with Gasteiger partial charge < -0.3 is 19.5 Å². The van der Waals surface area contributed by atoms with E-state index in [-0.39, 0.29) is 17.3 Å². The summed E-state index contributed by atoms with van der Waals surface area (Å²) in [6.45, 7) is 2.27. The number of fused-ring (bicyclic) bond motifs is 1. The number of ether oxygens (including phenoxy) is 2. The zero-order chi connectivity index (χ0) is 18.1. The largest absolute Gasteiger partial charge is 0.872 e. The van der Waals surface area contributed by atoms with Crippen LogP contribution in [0.4, 0.5) is 0 Å². The van der Waals surface area contributed by atoms with Gasteiger partial charge in [0.2, 0.25) is 5.78 Å². The molecule has 0 unspecified atom stereocenters. The maximum Gasteiger partial charge on any atom is 0.231 e. The average molecular weight is 339 g/mol. The second-order valence-corrected chi connectivity index (χ2v) is 6.46. The van der Waals surface area contributed by atoms with Crippen molar-refractivity contribution in [1.29, 1.82) is 0 Å². The van der Waals surface area contributed by atoms with E-state index in [1.807, 2.05) is 38.4 Å². The Labute approximate surface area is 147 Å². The van der Waals surface area contributed by atoms with E-state index in [9.17, 15) is 9.90 Å². The van der Waals surface area contributed by atoms with Crippen LogP contribution in [0.2, 0.25) is 0 Å². The number of quaternary nitrogens is 1. The summed E-state index contributed by atoms with van der Waals surface area (Å²) in [4.78, 5) is 13.8. The van der Waals surface area contributed by atoms with E-state index in [4.69, 9.17) is 9.47 Å². The number of Topliss-reactive ketones (excluding diaryl/α,β-unsaturated/α-hetero) is 1. The summed E-state index contributed by atoms with van der Waals surface area (Å²) < 4.78 is 10.9. The normalized spacial score (nSPS) is 14.8. The summed E-state index contributed by atoms with van der Waals surface area (Å²) >= 11 is 0. The summed E-state index contributed by atoms with van der Waals surface area (Å²) in [5, 5.41) is 12.5. The van der Waals surface area contributed by atoms with Crippen molar-refractivity contribution >= 4 is 11.9 Å². The van der Waals surface area contributed by atoms with Crippen LogP contribution in [0, 0.1) is 6.92 Å². The molecule has 1 aliphatic heterocycles. The molecule has 0 bridgehead atoms. The number of rotatable bonds is 4. The quantitative estimate of drug-likeness (QED) is 0.854. The van der Waals surface area contributed by atoms with Gasteiger partial charge in [-0.3, -0.25) is 4.79 Å². The van der Waals surface area contributed by atoms with Crippen LogP contribution in [0.1, 0.15) is 27.0 Å². The molecule has 130 valence electrons. The van der Waals surface area contributed by atoms with Gasteiger partial charge in [0, 0.05) is 0 Å². The van der Waals surface area contributed by atoms with E-state index in [2.05, 4.69) is 0 Å². The molecule has 5 nitrogen and oxygen atoms in total. The molecule has 3 rings (SSSR count). The molecular formula is C20H21NO4. The number of benzene rings is 2. The van der Waals surface area contributed by atoms with Gasteiger partial charge in [-0.2, -0.15) is 0 Å². The summed E-state index contributed by atoms with van der Waals surface area (Å²) in [6, 6.07) is 9.00. The molecule has 0 amide bonds. The second-order valence-electron chi connectivity index (χ2n) is 6.46. The van der Waals surface area contributed by atoms with Crippen LogP contribution in [0.3, 0.4) is 0 Å². The van der Waals surface area contributed by atoms with Crippen LogP contribution in [-0.4, -0.2) is 27.0 Å². The van der Waals surface area contributed by atoms with Gasteiger partial charge in [0.15, 0.2) is 5.76 Å². The number of methoxy groups -OCH3 is 1. The van der Waals surface area contributed by atoms with Crippen molar-refractivity contribution in [2.75, 3.05) is 21.2 Å². The maximum atomic E-state index is 12.7. The molecule has 1 heterocycles. The zero-order valence-corrected chi connectivity index (χ0v) is 14.8. The lowest BCUT2D eigenvalue weighted by molar-refractivity contribution is -0.872.